The number of sulfonamides is 1. The number of nitrogens with zero attached hydrogens (tertiary/aromatic N) is 3. The van der Waals surface area contributed by atoms with Crippen molar-refractivity contribution in [1.29, 1.82) is 0 Å². The number of carbonyl (C=O) groups is 1. The number of hydrogen-bond donors (Lipinski definition) is 2. The van der Waals surface area contributed by atoms with Gasteiger partial charge in [0.05, 0.1) is 17.4 Å². The summed E-state index contributed by atoms with van der Waals surface area (Å²) in [6.07, 6.45) is 6.05. The molecule has 3 heterocycles. The third kappa shape index (κ3) is 4.33. The van der Waals surface area contributed by atoms with Crippen molar-refractivity contribution in [2.75, 3.05) is 4.72 Å². The van der Waals surface area contributed by atoms with Crippen LogP contribution in [0, 0.1) is 23.3 Å². The van der Waals surface area contributed by atoms with E-state index in [-0.39, 0.29) is 16.6 Å². The fourth-order valence-electron chi connectivity index (χ4n) is 3.78. The number of aromatic nitrogens is 4. The molecule has 5 rings (SSSR count). The zero-order valence-electron chi connectivity index (χ0n) is 18.8. The van der Waals surface area contributed by atoms with Gasteiger partial charge in [0.15, 0.2) is 5.82 Å². The van der Waals surface area contributed by atoms with Crippen molar-refractivity contribution in [2.24, 2.45) is 7.05 Å². The number of rotatable bonds is 6. The van der Waals surface area contributed by atoms with Crippen molar-refractivity contribution in [3.63, 3.8) is 0 Å². The predicted molar refractivity (Wildman–Crippen MR) is 125 cm³/mol. The van der Waals surface area contributed by atoms with Crippen molar-refractivity contribution >= 4 is 32.5 Å². The largest absolute Gasteiger partial charge is 0.345 e. The van der Waals surface area contributed by atoms with Crippen molar-refractivity contribution in [3.8, 4) is 11.1 Å². The minimum absolute atomic E-state index is 0.123. The van der Waals surface area contributed by atoms with Crippen LogP contribution >= 0.6 is 0 Å². The summed E-state index contributed by atoms with van der Waals surface area (Å²) < 4.78 is 86.1. The van der Waals surface area contributed by atoms with Gasteiger partial charge in [-0.2, -0.15) is 5.10 Å². The molecule has 2 N–H and O–H groups in total. The number of nitrogens with one attached hydrogen (secondary N) is 2. The second kappa shape index (κ2) is 8.85. The molecule has 0 aliphatic rings. The molecule has 0 atom stereocenters. The maximum Gasteiger partial charge on any atom is 0.265 e. The Labute approximate surface area is 206 Å². The van der Waals surface area contributed by atoms with E-state index < -0.39 is 55.2 Å². The molecule has 8 nitrogen and oxygen atoms in total. The third-order valence-corrected chi connectivity index (χ3v) is 6.94. The molecule has 0 aliphatic heterocycles. The molecule has 0 bridgehead atoms. The first-order valence-corrected chi connectivity index (χ1v) is 12.0. The zero-order valence-corrected chi connectivity index (χ0v) is 19.6. The number of ketones is 1. The molecule has 3 aromatic heterocycles. The lowest BCUT2D eigenvalue weighted by Gasteiger charge is -2.12. The number of H-pyrrole nitrogens is 1. The van der Waals surface area contributed by atoms with Crippen LogP contribution in [0.25, 0.3) is 22.2 Å². The Morgan fingerprint density at radius 3 is 2.49 bits per heavy atom. The average molecular weight is 529 g/mol. The van der Waals surface area contributed by atoms with Crippen LogP contribution in [0.4, 0.5) is 23.2 Å². The van der Waals surface area contributed by atoms with Crippen molar-refractivity contribution in [1.82, 2.24) is 19.7 Å². The van der Waals surface area contributed by atoms with E-state index in [1.165, 1.54) is 12.4 Å². The van der Waals surface area contributed by atoms with Gasteiger partial charge in [0, 0.05) is 47.7 Å². The van der Waals surface area contributed by atoms with Gasteiger partial charge in [0.2, 0.25) is 5.78 Å². The van der Waals surface area contributed by atoms with Crippen LogP contribution in [0.1, 0.15) is 15.9 Å². The maximum absolute atomic E-state index is 15.4. The highest BCUT2D eigenvalue weighted by atomic mass is 32.2. The maximum atomic E-state index is 15.4. The Morgan fingerprint density at radius 2 is 1.76 bits per heavy atom. The molecule has 2 aromatic carbocycles. The Kier molecular flexibility index (Phi) is 5.79. The first-order valence-electron chi connectivity index (χ1n) is 10.5. The number of pyridine rings is 1. The molecule has 13 heteroatoms. The Hall–Kier alpha value is -4.52. The van der Waals surface area contributed by atoms with Crippen LogP contribution in [0.3, 0.4) is 0 Å². The van der Waals surface area contributed by atoms with Crippen LogP contribution in [-0.2, 0) is 17.1 Å². The topological polar surface area (TPSA) is 110 Å². The molecular formula is C24H15F4N5O3S. The number of anilines is 1. The van der Waals surface area contributed by atoms with E-state index in [0.29, 0.717) is 35.4 Å². The summed E-state index contributed by atoms with van der Waals surface area (Å²) in [6, 6.07) is 4.71. The number of fused-ring (bicyclic) bond motifs is 1. The molecule has 0 spiro atoms. The number of hydrogen-bond acceptors (Lipinski definition) is 5. The molecular weight excluding hydrogens is 514 g/mol. The standard InChI is InChI=1S/C24H15F4N5O3S/c1-33-11-13(9-31-33)12-6-15-16(10-30-24(15)29-8-12)23(34)21-18(27)4-5-19(22(21)28)32-37(35,36)20-7-14(25)2-3-17(20)26/h2-11,32H,1H3,(H,29,30). The van der Waals surface area contributed by atoms with E-state index in [2.05, 4.69) is 15.1 Å². The Bertz CT molecular complexity index is 1810. The fourth-order valence-corrected chi connectivity index (χ4v) is 4.93. The third-order valence-electron chi connectivity index (χ3n) is 5.56. The molecule has 0 amide bonds. The first-order chi connectivity index (χ1) is 17.5. The molecule has 0 unspecified atom stereocenters. The van der Waals surface area contributed by atoms with Crippen molar-refractivity contribution in [3.05, 3.63) is 95.6 Å². The molecule has 0 fully saturated rings. The van der Waals surface area contributed by atoms with Crippen LogP contribution in [0.5, 0.6) is 0 Å². The van der Waals surface area contributed by atoms with Gasteiger partial charge in [0.1, 0.15) is 28.0 Å². The van der Waals surface area contributed by atoms with E-state index in [1.54, 1.807) is 34.9 Å². The van der Waals surface area contributed by atoms with Crippen LogP contribution in [0.2, 0.25) is 0 Å². The highest BCUT2D eigenvalue weighted by Crippen LogP contribution is 2.30. The first kappa shape index (κ1) is 24.2. The van der Waals surface area contributed by atoms with Gasteiger partial charge in [-0.1, -0.05) is 0 Å². The second-order valence-electron chi connectivity index (χ2n) is 8.02. The number of aromatic amines is 1. The van der Waals surface area contributed by atoms with Gasteiger partial charge in [-0.3, -0.25) is 14.2 Å². The highest BCUT2D eigenvalue weighted by Gasteiger charge is 2.27. The molecule has 5 aromatic rings. The van der Waals surface area contributed by atoms with E-state index in [0.717, 1.165) is 6.07 Å². The average Bonchev–Trinajstić information content (AvgIpc) is 3.48. The summed E-state index contributed by atoms with van der Waals surface area (Å²) in [6.45, 7) is 0. The summed E-state index contributed by atoms with van der Waals surface area (Å²) in [5, 5.41) is 4.34. The quantitative estimate of drug-likeness (QED) is 0.248. The van der Waals surface area contributed by atoms with Crippen LogP contribution < -0.4 is 4.72 Å². The number of halogens is 4. The normalized spacial score (nSPS) is 11.7. The monoisotopic (exact) mass is 529 g/mol. The summed E-state index contributed by atoms with van der Waals surface area (Å²) >= 11 is 0. The number of carbonyl (C=O) groups excluding carboxylic acids is 1. The molecule has 0 aliphatic carbocycles. The van der Waals surface area contributed by atoms with Gasteiger partial charge < -0.3 is 4.98 Å². The van der Waals surface area contributed by atoms with Gasteiger partial charge in [-0.25, -0.2) is 31.0 Å². The summed E-state index contributed by atoms with van der Waals surface area (Å²) in [5.74, 6) is -6.21. The van der Waals surface area contributed by atoms with Crippen molar-refractivity contribution in [2.45, 2.75) is 4.90 Å². The molecule has 0 saturated carbocycles. The van der Waals surface area contributed by atoms with Gasteiger partial charge in [-0.15, -0.1) is 0 Å². The number of benzene rings is 2. The van der Waals surface area contributed by atoms with E-state index in [1.807, 2.05) is 0 Å². The number of aryl methyl sites for hydroxylation is 1. The molecule has 0 radical (unpaired) electrons. The van der Waals surface area contributed by atoms with Crippen LogP contribution in [-0.4, -0.2) is 33.9 Å². The van der Waals surface area contributed by atoms with Gasteiger partial charge in [-0.05, 0) is 36.4 Å². The lowest BCUT2D eigenvalue weighted by atomic mass is 10.0. The van der Waals surface area contributed by atoms with Gasteiger partial charge in [0.25, 0.3) is 10.0 Å². The zero-order chi connectivity index (χ0) is 26.5. The van der Waals surface area contributed by atoms with Crippen molar-refractivity contribution < 1.29 is 30.8 Å². The smallest absolute Gasteiger partial charge is 0.265 e. The second-order valence-corrected chi connectivity index (χ2v) is 9.67. The minimum atomic E-state index is -4.83. The van der Waals surface area contributed by atoms with E-state index in [4.69, 9.17) is 0 Å². The lowest BCUT2D eigenvalue weighted by Crippen LogP contribution is -2.17. The highest BCUT2D eigenvalue weighted by molar-refractivity contribution is 7.92. The Balaban J connectivity index is 1.56. The van der Waals surface area contributed by atoms with E-state index >= 15 is 4.39 Å². The summed E-state index contributed by atoms with van der Waals surface area (Å²) in [7, 11) is -3.11. The minimum Gasteiger partial charge on any atom is -0.345 e. The molecule has 188 valence electrons. The summed E-state index contributed by atoms with van der Waals surface area (Å²) in [5.41, 5.74) is -0.448. The SMILES string of the molecule is Cn1cc(-c2cnc3[nH]cc(C(=O)c4c(F)ccc(NS(=O)(=O)c5cc(F)ccc5F)c4F)c3c2)cn1. The molecule has 37 heavy (non-hydrogen) atoms. The van der Waals surface area contributed by atoms with Crippen LogP contribution in [0.15, 0.2) is 66.1 Å². The summed E-state index contributed by atoms with van der Waals surface area (Å²) in [4.78, 5) is 19.2. The van der Waals surface area contributed by atoms with Gasteiger partial charge >= 0.3 is 0 Å². The molecule has 0 saturated heterocycles. The fraction of sp³-hybridized carbons (Fsp3) is 0.0417. The van der Waals surface area contributed by atoms with E-state index in [9.17, 15) is 26.4 Å². The lowest BCUT2D eigenvalue weighted by molar-refractivity contribution is 0.103. The predicted octanol–water partition coefficient (Wildman–Crippen LogP) is 4.55. The Morgan fingerprint density at radius 1 is 1.00 bits per heavy atom.